The highest BCUT2D eigenvalue weighted by molar-refractivity contribution is 14.1. The number of hydrogen-bond acceptors (Lipinski definition) is 2. The fraction of sp³-hybridized carbons (Fsp3) is 0.316. The van der Waals surface area contributed by atoms with Crippen molar-refractivity contribution in [2.75, 3.05) is 0 Å². The van der Waals surface area contributed by atoms with Crippen LogP contribution in [-0.4, -0.2) is 15.5 Å². The molecule has 0 bridgehead atoms. The molecule has 2 nitrogen and oxygen atoms in total. The third kappa shape index (κ3) is 4.83. The Morgan fingerprint density at radius 2 is 1.86 bits per heavy atom. The molecule has 0 aliphatic rings. The standard InChI is InChI=1S/C19H21IO2/c1-19(2,3)22-18(21)17(20)13-7-11-15-10-6-9-14-8-4-5-12-16(14)15/h4-12,17H,13H2,1-3H3/b11-7+. The minimum atomic E-state index is -0.431. The Bertz CT molecular complexity index is 678. The summed E-state index contributed by atoms with van der Waals surface area (Å²) in [5.74, 6) is -0.157. The number of carbonyl (C=O) groups excluding carboxylic acids is 1. The van der Waals surface area contributed by atoms with Crippen molar-refractivity contribution in [3.05, 3.63) is 54.1 Å². The molecule has 2 aromatic carbocycles. The van der Waals surface area contributed by atoms with Gasteiger partial charge in [-0.2, -0.15) is 0 Å². The topological polar surface area (TPSA) is 26.3 Å². The Hall–Kier alpha value is -1.36. The van der Waals surface area contributed by atoms with Crippen molar-refractivity contribution in [1.29, 1.82) is 0 Å². The van der Waals surface area contributed by atoms with Crippen molar-refractivity contribution in [3.63, 3.8) is 0 Å². The molecule has 2 aromatic rings. The number of ether oxygens (including phenoxy) is 1. The SMILES string of the molecule is CC(C)(C)OC(=O)C(I)C/C=C/c1cccc2ccccc12. The van der Waals surface area contributed by atoms with E-state index in [0.717, 1.165) is 0 Å². The lowest BCUT2D eigenvalue weighted by Gasteiger charge is -2.21. The molecule has 0 spiro atoms. The predicted octanol–water partition coefficient (Wildman–Crippen LogP) is 5.39. The largest absolute Gasteiger partial charge is 0.459 e. The van der Waals surface area contributed by atoms with Crippen molar-refractivity contribution in [2.45, 2.75) is 36.7 Å². The second-order valence-corrected chi connectivity index (χ2v) is 7.71. The van der Waals surface area contributed by atoms with Gasteiger partial charge in [-0.15, -0.1) is 0 Å². The lowest BCUT2D eigenvalue weighted by Crippen LogP contribution is -2.28. The summed E-state index contributed by atoms with van der Waals surface area (Å²) >= 11 is 2.14. The van der Waals surface area contributed by atoms with Gasteiger partial charge in [0.1, 0.15) is 9.53 Å². The van der Waals surface area contributed by atoms with E-state index in [0.29, 0.717) is 6.42 Å². The first-order valence-corrected chi connectivity index (χ1v) is 8.62. The average Bonchev–Trinajstić information content (AvgIpc) is 2.45. The number of benzene rings is 2. The van der Waals surface area contributed by atoms with Crippen LogP contribution >= 0.6 is 22.6 Å². The molecule has 1 unspecified atom stereocenters. The van der Waals surface area contributed by atoms with Crippen molar-refractivity contribution in [3.8, 4) is 0 Å². The van der Waals surface area contributed by atoms with Crippen LogP contribution in [0.25, 0.3) is 16.8 Å². The maximum Gasteiger partial charge on any atom is 0.319 e. The highest BCUT2D eigenvalue weighted by atomic mass is 127. The number of rotatable bonds is 4. The summed E-state index contributed by atoms with van der Waals surface area (Å²) in [5.41, 5.74) is 0.741. The van der Waals surface area contributed by atoms with Crippen LogP contribution in [0.3, 0.4) is 0 Å². The molecule has 0 amide bonds. The lowest BCUT2D eigenvalue weighted by molar-refractivity contribution is -0.153. The Morgan fingerprint density at radius 3 is 2.59 bits per heavy atom. The first kappa shape index (κ1) is 17.0. The van der Waals surface area contributed by atoms with Crippen molar-refractivity contribution in [2.24, 2.45) is 0 Å². The van der Waals surface area contributed by atoms with Crippen LogP contribution in [0.5, 0.6) is 0 Å². The Morgan fingerprint density at radius 1 is 1.18 bits per heavy atom. The maximum absolute atomic E-state index is 11.9. The van der Waals surface area contributed by atoms with Gasteiger partial charge in [0.25, 0.3) is 0 Å². The zero-order valence-corrected chi connectivity index (χ0v) is 15.3. The van der Waals surface area contributed by atoms with E-state index < -0.39 is 5.60 Å². The summed E-state index contributed by atoms with van der Waals surface area (Å²) in [7, 11) is 0. The van der Waals surface area contributed by atoms with Gasteiger partial charge in [0.2, 0.25) is 0 Å². The third-order valence-corrected chi connectivity index (χ3v) is 4.14. The fourth-order valence-electron chi connectivity index (χ4n) is 2.17. The average molecular weight is 408 g/mol. The fourth-order valence-corrected chi connectivity index (χ4v) is 2.59. The molecule has 0 aliphatic heterocycles. The molecule has 1 atom stereocenters. The number of carbonyl (C=O) groups is 1. The second-order valence-electron chi connectivity index (χ2n) is 6.21. The zero-order chi connectivity index (χ0) is 16.2. The molecule has 0 saturated carbocycles. The molecule has 0 aromatic heterocycles. The minimum Gasteiger partial charge on any atom is -0.459 e. The van der Waals surface area contributed by atoms with Crippen LogP contribution in [0.2, 0.25) is 0 Å². The Kier molecular flexibility index (Phi) is 5.62. The van der Waals surface area contributed by atoms with Crippen LogP contribution in [0.1, 0.15) is 32.8 Å². The monoisotopic (exact) mass is 408 g/mol. The maximum atomic E-state index is 11.9. The molecule has 2 rings (SSSR count). The van der Waals surface area contributed by atoms with Crippen LogP contribution in [-0.2, 0) is 9.53 Å². The third-order valence-electron chi connectivity index (χ3n) is 3.13. The van der Waals surface area contributed by atoms with E-state index in [4.69, 9.17) is 4.74 Å². The molecular weight excluding hydrogens is 387 g/mol. The number of allylic oxidation sites excluding steroid dienone is 1. The summed E-state index contributed by atoms with van der Waals surface area (Å²) in [6.45, 7) is 5.67. The van der Waals surface area contributed by atoms with Gasteiger partial charge in [-0.3, -0.25) is 4.79 Å². The van der Waals surface area contributed by atoms with Gasteiger partial charge in [0.15, 0.2) is 0 Å². The van der Waals surface area contributed by atoms with Gasteiger partial charge in [0.05, 0.1) is 0 Å². The smallest absolute Gasteiger partial charge is 0.319 e. The van der Waals surface area contributed by atoms with E-state index in [9.17, 15) is 4.79 Å². The first-order valence-electron chi connectivity index (χ1n) is 7.38. The van der Waals surface area contributed by atoms with Crippen LogP contribution < -0.4 is 0 Å². The highest BCUT2D eigenvalue weighted by Gasteiger charge is 2.21. The number of halogens is 1. The van der Waals surface area contributed by atoms with Crippen LogP contribution in [0.15, 0.2) is 48.5 Å². The normalized spacial score (nSPS) is 13.5. The zero-order valence-electron chi connectivity index (χ0n) is 13.2. The van der Waals surface area contributed by atoms with Crippen molar-refractivity contribution < 1.29 is 9.53 Å². The number of fused-ring (bicyclic) bond motifs is 1. The van der Waals surface area contributed by atoms with Crippen molar-refractivity contribution in [1.82, 2.24) is 0 Å². The molecule has 0 saturated heterocycles. The van der Waals surface area contributed by atoms with E-state index in [-0.39, 0.29) is 9.89 Å². The number of alkyl halides is 1. The molecule has 116 valence electrons. The molecule has 0 N–H and O–H groups in total. The van der Waals surface area contributed by atoms with Crippen molar-refractivity contribution >= 4 is 45.4 Å². The lowest BCUT2D eigenvalue weighted by atomic mass is 10.0. The summed E-state index contributed by atoms with van der Waals surface area (Å²) in [6, 6.07) is 14.6. The van der Waals surface area contributed by atoms with Gasteiger partial charge in [-0.25, -0.2) is 0 Å². The Labute approximate surface area is 145 Å². The van der Waals surface area contributed by atoms with E-state index in [1.54, 1.807) is 0 Å². The van der Waals surface area contributed by atoms with Gasteiger partial charge in [0, 0.05) is 0 Å². The molecule has 0 fully saturated rings. The molecule has 3 heteroatoms. The summed E-state index contributed by atoms with van der Waals surface area (Å²) in [4.78, 5) is 11.9. The molecule has 22 heavy (non-hydrogen) atoms. The molecular formula is C19H21IO2. The number of esters is 1. The van der Waals surface area contributed by atoms with Crippen LogP contribution in [0, 0.1) is 0 Å². The quantitative estimate of drug-likeness (QED) is 0.385. The van der Waals surface area contributed by atoms with Gasteiger partial charge >= 0.3 is 5.97 Å². The molecule has 0 heterocycles. The predicted molar refractivity (Wildman–Crippen MR) is 101 cm³/mol. The van der Waals surface area contributed by atoms with E-state index in [1.807, 2.05) is 39.0 Å². The van der Waals surface area contributed by atoms with Crippen LogP contribution in [0.4, 0.5) is 0 Å². The Balaban J connectivity index is 2.04. The summed E-state index contributed by atoms with van der Waals surface area (Å²) in [6.07, 6.45) is 4.79. The summed E-state index contributed by atoms with van der Waals surface area (Å²) < 4.78 is 5.23. The van der Waals surface area contributed by atoms with Gasteiger partial charge in [-0.1, -0.05) is 77.2 Å². The second kappa shape index (κ2) is 7.27. The molecule has 0 radical (unpaired) electrons. The van der Waals surface area contributed by atoms with Gasteiger partial charge in [-0.05, 0) is 43.5 Å². The minimum absolute atomic E-state index is 0.157. The van der Waals surface area contributed by atoms with E-state index in [1.165, 1.54) is 16.3 Å². The first-order chi connectivity index (χ1) is 10.4. The van der Waals surface area contributed by atoms with E-state index in [2.05, 4.69) is 59.0 Å². The van der Waals surface area contributed by atoms with E-state index >= 15 is 0 Å². The molecule has 0 aliphatic carbocycles. The number of hydrogen-bond donors (Lipinski definition) is 0. The highest BCUT2D eigenvalue weighted by Crippen LogP contribution is 2.21. The summed E-state index contributed by atoms with van der Waals surface area (Å²) in [5, 5.41) is 2.45. The van der Waals surface area contributed by atoms with Gasteiger partial charge < -0.3 is 4.74 Å².